The Labute approximate surface area is 102 Å². The van der Waals surface area contributed by atoms with E-state index in [-0.39, 0.29) is 0 Å². The van der Waals surface area contributed by atoms with Gasteiger partial charge in [-0.05, 0) is 30.5 Å². The zero-order chi connectivity index (χ0) is 12.4. The first kappa shape index (κ1) is 11.7. The molecule has 0 aliphatic carbocycles. The molecule has 0 aliphatic rings. The summed E-state index contributed by atoms with van der Waals surface area (Å²) in [5.41, 5.74) is 3.31. The Morgan fingerprint density at radius 1 is 1.29 bits per heavy atom. The van der Waals surface area contributed by atoms with Crippen LogP contribution in [0.2, 0.25) is 0 Å². The zero-order valence-electron chi connectivity index (χ0n) is 10.8. The third-order valence-corrected chi connectivity index (χ3v) is 2.86. The van der Waals surface area contributed by atoms with Crippen LogP contribution in [0.5, 0.6) is 5.75 Å². The van der Waals surface area contributed by atoms with E-state index >= 15 is 0 Å². The minimum atomic E-state index is 0.502. The standard InChI is InChI=1S/C14H18N2O/c1-10(2)12-5-6-13(14(7-12)17-4)16-8-11(3)15-9-16/h5-10H,1-4H3. The van der Waals surface area contributed by atoms with E-state index in [4.69, 9.17) is 4.74 Å². The predicted octanol–water partition coefficient (Wildman–Crippen LogP) is 3.31. The lowest BCUT2D eigenvalue weighted by atomic mass is 10.0. The van der Waals surface area contributed by atoms with Crippen LogP contribution in [0.15, 0.2) is 30.7 Å². The second-order valence-corrected chi connectivity index (χ2v) is 4.51. The monoisotopic (exact) mass is 230 g/mol. The van der Waals surface area contributed by atoms with Gasteiger partial charge in [-0.1, -0.05) is 19.9 Å². The van der Waals surface area contributed by atoms with Gasteiger partial charge in [0.05, 0.1) is 24.8 Å². The summed E-state index contributed by atoms with van der Waals surface area (Å²) in [7, 11) is 1.70. The number of hydrogen-bond donors (Lipinski definition) is 0. The van der Waals surface area contributed by atoms with Crippen LogP contribution in [0.4, 0.5) is 0 Å². The normalized spacial score (nSPS) is 10.9. The Hall–Kier alpha value is -1.77. The van der Waals surface area contributed by atoms with E-state index in [0.29, 0.717) is 5.92 Å². The van der Waals surface area contributed by atoms with Gasteiger partial charge in [0, 0.05) is 6.20 Å². The molecule has 0 aliphatic heterocycles. The van der Waals surface area contributed by atoms with E-state index in [2.05, 4.69) is 37.0 Å². The van der Waals surface area contributed by atoms with E-state index in [9.17, 15) is 0 Å². The maximum absolute atomic E-state index is 5.45. The molecule has 2 aromatic rings. The summed E-state index contributed by atoms with van der Waals surface area (Å²) >= 11 is 0. The van der Waals surface area contributed by atoms with Crippen molar-refractivity contribution in [1.82, 2.24) is 9.55 Å². The zero-order valence-corrected chi connectivity index (χ0v) is 10.8. The minimum Gasteiger partial charge on any atom is -0.495 e. The molecule has 1 aromatic carbocycles. The molecular weight excluding hydrogens is 212 g/mol. The van der Waals surface area contributed by atoms with E-state index in [0.717, 1.165) is 17.1 Å². The molecule has 17 heavy (non-hydrogen) atoms. The first-order chi connectivity index (χ1) is 8.11. The third-order valence-electron chi connectivity index (χ3n) is 2.86. The highest BCUT2D eigenvalue weighted by Gasteiger charge is 2.08. The fourth-order valence-electron chi connectivity index (χ4n) is 1.82. The molecule has 1 heterocycles. The summed E-state index contributed by atoms with van der Waals surface area (Å²) < 4.78 is 7.44. The molecular formula is C14H18N2O. The molecule has 0 atom stereocenters. The van der Waals surface area contributed by atoms with Crippen molar-refractivity contribution in [2.75, 3.05) is 7.11 Å². The van der Waals surface area contributed by atoms with Crippen molar-refractivity contribution in [1.29, 1.82) is 0 Å². The van der Waals surface area contributed by atoms with Crippen LogP contribution in [-0.4, -0.2) is 16.7 Å². The fraction of sp³-hybridized carbons (Fsp3) is 0.357. The smallest absolute Gasteiger partial charge is 0.143 e. The lowest BCUT2D eigenvalue weighted by molar-refractivity contribution is 0.412. The van der Waals surface area contributed by atoms with Crippen LogP contribution in [0.25, 0.3) is 5.69 Å². The molecule has 90 valence electrons. The summed E-state index contributed by atoms with van der Waals surface area (Å²) in [5, 5.41) is 0. The number of nitrogens with zero attached hydrogens (tertiary/aromatic N) is 2. The summed E-state index contributed by atoms with van der Waals surface area (Å²) in [4.78, 5) is 4.23. The summed E-state index contributed by atoms with van der Waals surface area (Å²) in [6.07, 6.45) is 3.80. The van der Waals surface area contributed by atoms with Gasteiger partial charge in [0.2, 0.25) is 0 Å². The van der Waals surface area contributed by atoms with Crippen LogP contribution < -0.4 is 4.74 Å². The lowest BCUT2D eigenvalue weighted by Gasteiger charge is -2.12. The molecule has 0 saturated carbocycles. The third kappa shape index (κ3) is 2.33. The number of imidazole rings is 1. The summed E-state index contributed by atoms with van der Waals surface area (Å²) in [6, 6.07) is 6.31. The van der Waals surface area contributed by atoms with E-state index in [1.807, 2.05) is 24.0 Å². The van der Waals surface area contributed by atoms with E-state index in [1.165, 1.54) is 5.56 Å². The van der Waals surface area contributed by atoms with Crippen molar-refractivity contribution in [2.24, 2.45) is 0 Å². The van der Waals surface area contributed by atoms with Crippen molar-refractivity contribution < 1.29 is 4.74 Å². The van der Waals surface area contributed by atoms with Gasteiger partial charge in [-0.2, -0.15) is 0 Å². The Morgan fingerprint density at radius 2 is 2.06 bits per heavy atom. The average Bonchev–Trinajstić information content (AvgIpc) is 2.74. The largest absolute Gasteiger partial charge is 0.495 e. The van der Waals surface area contributed by atoms with Gasteiger partial charge in [-0.3, -0.25) is 0 Å². The highest BCUT2D eigenvalue weighted by molar-refractivity contribution is 5.49. The molecule has 3 heteroatoms. The molecule has 0 spiro atoms. The first-order valence-electron chi connectivity index (χ1n) is 5.80. The van der Waals surface area contributed by atoms with Gasteiger partial charge in [0.25, 0.3) is 0 Å². The van der Waals surface area contributed by atoms with Crippen LogP contribution in [-0.2, 0) is 0 Å². The second kappa shape index (κ2) is 4.62. The Morgan fingerprint density at radius 3 is 2.59 bits per heavy atom. The molecule has 2 rings (SSSR count). The Bertz CT molecular complexity index is 515. The lowest BCUT2D eigenvalue weighted by Crippen LogP contribution is -1.97. The topological polar surface area (TPSA) is 27.1 Å². The molecule has 0 bridgehead atoms. The molecule has 0 N–H and O–H groups in total. The highest BCUT2D eigenvalue weighted by atomic mass is 16.5. The number of benzene rings is 1. The number of methoxy groups -OCH3 is 1. The molecule has 1 aromatic heterocycles. The first-order valence-corrected chi connectivity index (χ1v) is 5.80. The molecule has 0 fully saturated rings. The molecule has 3 nitrogen and oxygen atoms in total. The van der Waals surface area contributed by atoms with Crippen molar-refractivity contribution in [2.45, 2.75) is 26.7 Å². The second-order valence-electron chi connectivity index (χ2n) is 4.51. The van der Waals surface area contributed by atoms with E-state index in [1.54, 1.807) is 7.11 Å². The quantitative estimate of drug-likeness (QED) is 0.808. The molecule has 0 amide bonds. The van der Waals surface area contributed by atoms with E-state index < -0.39 is 0 Å². The molecule has 0 saturated heterocycles. The van der Waals surface area contributed by atoms with Crippen molar-refractivity contribution in [3.05, 3.63) is 42.0 Å². The number of hydrogen-bond acceptors (Lipinski definition) is 2. The highest BCUT2D eigenvalue weighted by Crippen LogP contribution is 2.27. The number of ether oxygens (including phenoxy) is 1. The van der Waals surface area contributed by atoms with Gasteiger partial charge in [-0.15, -0.1) is 0 Å². The minimum absolute atomic E-state index is 0.502. The Balaban J connectivity index is 2.48. The fourth-order valence-corrected chi connectivity index (χ4v) is 1.82. The van der Waals surface area contributed by atoms with Gasteiger partial charge in [0.1, 0.15) is 5.75 Å². The van der Waals surface area contributed by atoms with Crippen LogP contribution in [0, 0.1) is 6.92 Å². The Kier molecular flexibility index (Phi) is 3.18. The van der Waals surface area contributed by atoms with Crippen molar-refractivity contribution >= 4 is 0 Å². The van der Waals surface area contributed by atoms with Crippen LogP contribution in [0.1, 0.15) is 31.0 Å². The summed E-state index contributed by atoms with van der Waals surface area (Å²) in [6.45, 7) is 6.33. The van der Waals surface area contributed by atoms with Gasteiger partial charge in [0.15, 0.2) is 0 Å². The van der Waals surface area contributed by atoms with Crippen molar-refractivity contribution in [3.8, 4) is 11.4 Å². The number of aryl methyl sites for hydroxylation is 1. The average molecular weight is 230 g/mol. The summed E-state index contributed by atoms with van der Waals surface area (Å²) in [5.74, 6) is 1.39. The van der Waals surface area contributed by atoms with Crippen LogP contribution >= 0.6 is 0 Å². The SMILES string of the molecule is COc1cc(C(C)C)ccc1-n1cnc(C)c1. The number of aromatic nitrogens is 2. The number of rotatable bonds is 3. The predicted molar refractivity (Wildman–Crippen MR) is 68.9 cm³/mol. The molecule has 0 radical (unpaired) electrons. The van der Waals surface area contributed by atoms with Crippen LogP contribution in [0.3, 0.4) is 0 Å². The van der Waals surface area contributed by atoms with Gasteiger partial charge in [-0.25, -0.2) is 4.98 Å². The maximum Gasteiger partial charge on any atom is 0.143 e. The molecule has 0 unspecified atom stereocenters. The van der Waals surface area contributed by atoms with Gasteiger partial charge < -0.3 is 9.30 Å². The van der Waals surface area contributed by atoms with Gasteiger partial charge >= 0.3 is 0 Å². The van der Waals surface area contributed by atoms with Crippen molar-refractivity contribution in [3.63, 3.8) is 0 Å². The maximum atomic E-state index is 5.45.